The van der Waals surface area contributed by atoms with Gasteiger partial charge in [0.1, 0.15) is 0 Å². The molecule has 0 radical (unpaired) electrons. The van der Waals surface area contributed by atoms with Crippen LogP contribution in [0.1, 0.15) is 47.6 Å². The summed E-state index contributed by atoms with van der Waals surface area (Å²) in [7, 11) is 0. The first-order valence-corrected chi connectivity index (χ1v) is 9.06. The van der Waals surface area contributed by atoms with Crippen LogP contribution in [-0.2, 0) is 12.8 Å². The number of fused-ring (bicyclic) bond motifs is 1. The number of nitrogens with zero attached hydrogens (tertiary/aromatic N) is 2. The van der Waals surface area contributed by atoms with Crippen LogP contribution in [0.5, 0.6) is 0 Å². The molecule has 1 unspecified atom stereocenters. The molecule has 24 heavy (non-hydrogen) atoms. The van der Waals surface area contributed by atoms with E-state index in [4.69, 9.17) is 11.6 Å². The number of hydrogen-bond acceptors (Lipinski definition) is 1. The number of aryl methyl sites for hydroxylation is 2. The van der Waals surface area contributed by atoms with Gasteiger partial charge in [-0.15, -0.1) is 0 Å². The van der Waals surface area contributed by atoms with Crippen molar-refractivity contribution in [1.29, 1.82) is 0 Å². The van der Waals surface area contributed by atoms with E-state index in [0.29, 0.717) is 5.28 Å². The van der Waals surface area contributed by atoms with Gasteiger partial charge in [0.15, 0.2) is 0 Å². The van der Waals surface area contributed by atoms with Crippen molar-refractivity contribution in [3.8, 4) is 0 Å². The van der Waals surface area contributed by atoms with Crippen LogP contribution in [0.3, 0.4) is 0 Å². The number of halogens is 1. The molecule has 2 nitrogen and oxygen atoms in total. The van der Waals surface area contributed by atoms with Gasteiger partial charge in [-0.1, -0.05) is 55.0 Å². The highest BCUT2D eigenvalue weighted by atomic mass is 35.5. The Bertz CT molecular complexity index is 823. The van der Waals surface area contributed by atoms with Crippen molar-refractivity contribution in [1.82, 2.24) is 9.55 Å². The van der Waals surface area contributed by atoms with Crippen molar-refractivity contribution in [3.05, 3.63) is 88.5 Å². The summed E-state index contributed by atoms with van der Waals surface area (Å²) in [5.74, 6) is 0. The lowest BCUT2D eigenvalue weighted by molar-refractivity contribution is 0.676. The van der Waals surface area contributed by atoms with Gasteiger partial charge in [0.05, 0.1) is 6.04 Å². The number of imidazole rings is 1. The standard InChI is InChI=1S/C21H21ClN2/c22-21-23-13-14-24(21)20(17-8-4-2-5-9-17)19-12-11-16-7-3-1-6-10-18(16)15-19/h2,4-5,8-9,11-15,20H,1,3,6-7,10H2. The summed E-state index contributed by atoms with van der Waals surface area (Å²) >= 11 is 6.36. The van der Waals surface area contributed by atoms with Gasteiger partial charge in [-0.25, -0.2) is 4.98 Å². The number of rotatable bonds is 3. The molecule has 0 spiro atoms. The highest BCUT2D eigenvalue weighted by Gasteiger charge is 2.20. The van der Waals surface area contributed by atoms with Crippen molar-refractivity contribution in [2.45, 2.75) is 38.1 Å². The van der Waals surface area contributed by atoms with E-state index in [1.807, 2.05) is 12.3 Å². The maximum atomic E-state index is 6.36. The summed E-state index contributed by atoms with van der Waals surface area (Å²) in [6.45, 7) is 0. The molecule has 1 aliphatic carbocycles. The van der Waals surface area contributed by atoms with Crippen molar-refractivity contribution in [3.63, 3.8) is 0 Å². The van der Waals surface area contributed by atoms with Crippen molar-refractivity contribution in [2.24, 2.45) is 0 Å². The molecular formula is C21H21ClN2. The van der Waals surface area contributed by atoms with Crippen LogP contribution in [0.25, 0.3) is 0 Å². The molecule has 1 atom stereocenters. The van der Waals surface area contributed by atoms with Gasteiger partial charge in [-0.05, 0) is 59.5 Å². The Kier molecular flexibility index (Phi) is 4.40. The lowest BCUT2D eigenvalue weighted by Gasteiger charge is -2.22. The maximum Gasteiger partial charge on any atom is 0.203 e. The molecule has 1 aliphatic rings. The SMILES string of the molecule is Clc1nccn1C(c1ccccc1)c1ccc2c(c1)CCCCC2. The molecule has 3 aromatic rings. The number of hydrogen-bond donors (Lipinski definition) is 0. The summed E-state index contributed by atoms with van der Waals surface area (Å²) in [6, 6.07) is 17.6. The van der Waals surface area contributed by atoms with E-state index < -0.39 is 0 Å². The molecule has 0 saturated carbocycles. The molecule has 0 saturated heterocycles. The molecule has 122 valence electrons. The fourth-order valence-corrected chi connectivity index (χ4v) is 3.95. The van der Waals surface area contributed by atoms with Crippen LogP contribution >= 0.6 is 11.6 Å². The monoisotopic (exact) mass is 336 g/mol. The Morgan fingerprint density at radius 1 is 0.875 bits per heavy atom. The minimum absolute atomic E-state index is 0.0646. The van der Waals surface area contributed by atoms with Crippen LogP contribution in [0.15, 0.2) is 60.9 Å². The summed E-state index contributed by atoms with van der Waals surface area (Å²) in [5, 5.41) is 0.527. The van der Waals surface area contributed by atoms with E-state index in [0.717, 1.165) is 0 Å². The molecular weight excluding hydrogens is 316 g/mol. The van der Waals surface area contributed by atoms with Crippen molar-refractivity contribution in [2.75, 3.05) is 0 Å². The predicted molar refractivity (Wildman–Crippen MR) is 98.6 cm³/mol. The van der Waals surface area contributed by atoms with E-state index >= 15 is 0 Å². The zero-order chi connectivity index (χ0) is 16.4. The Balaban J connectivity index is 1.82. The summed E-state index contributed by atoms with van der Waals surface area (Å²) in [6.07, 6.45) is 10.0. The van der Waals surface area contributed by atoms with Crippen molar-refractivity contribution < 1.29 is 0 Å². The predicted octanol–water partition coefficient (Wildman–Crippen LogP) is 5.44. The smallest absolute Gasteiger partial charge is 0.203 e. The lowest BCUT2D eigenvalue weighted by Crippen LogP contribution is -2.12. The fraction of sp³-hybridized carbons (Fsp3) is 0.286. The second kappa shape index (κ2) is 6.82. The summed E-state index contributed by atoms with van der Waals surface area (Å²) < 4.78 is 2.05. The van der Waals surface area contributed by atoms with Gasteiger partial charge in [0.2, 0.25) is 5.28 Å². The van der Waals surface area contributed by atoms with Gasteiger partial charge >= 0.3 is 0 Å². The van der Waals surface area contributed by atoms with Crippen LogP contribution in [0, 0.1) is 0 Å². The van der Waals surface area contributed by atoms with E-state index in [-0.39, 0.29) is 6.04 Å². The first kappa shape index (κ1) is 15.5. The Morgan fingerprint density at radius 3 is 2.42 bits per heavy atom. The fourth-order valence-electron chi connectivity index (χ4n) is 3.74. The third-order valence-corrected chi connectivity index (χ3v) is 5.25. The molecule has 0 aliphatic heterocycles. The van der Waals surface area contributed by atoms with E-state index in [1.54, 1.807) is 6.20 Å². The molecule has 0 amide bonds. The third kappa shape index (κ3) is 2.99. The molecule has 0 N–H and O–H groups in total. The van der Waals surface area contributed by atoms with Crippen LogP contribution in [-0.4, -0.2) is 9.55 Å². The average Bonchev–Trinajstić information content (AvgIpc) is 2.90. The normalized spacial score (nSPS) is 15.5. The van der Waals surface area contributed by atoms with Gasteiger partial charge < -0.3 is 4.57 Å². The van der Waals surface area contributed by atoms with Crippen LogP contribution < -0.4 is 0 Å². The number of benzene rings is 2. The quantitative estimate of drug-likeness (QED) is 0.582. The van der Waals surface area contributed by atoms with Gasteiger partial charge in [-0.2, -0.15) is 0 Å². The molecule has 1 aromatic heterocycles. The molecule has 0 bridgehead atoms. The molecule has 4 rings (SSSR count). The van der Waals surface area contributed by atoms with Gasteiger partial charge in [-0.3, -0.25) is 0 Å². The third-order valence-electron chi connectivity index (χ3n) is 4.95. The molecule has 0 fully saturated rings. The zero-order valence-electron chi connectivity index (χ0n) is 13.7. The second-order valence-corrected chi connectivity index (χ2v) is 6.84. The van der Waals surface area contributed by atoms with E-state index in [1.165, 1.54) is 54.4 Å². The zero-order valence-corrected chi connectivity index (χ0v) is 14.4. The minimum Gasteiger partial charge on any atom is -0.310 e. The number of aromatic nitrogens is 2. The highest BCUT2D eigenvalue weighted by molar-refractivity contribution is 6.28. The van der Waals surface area contributed by atoms with E-state index in [9.17, 15) is 0 Å². The topological polar surface area (TPSA) is 17.8 Å². The summed E-state index contributed by atoms with van der Waals surface area (Å²) in [4.78, 5) is 4.22. The Morgan fingerprint density at radius 2 is 1.67 bits per heavy atom. The molecule has 3 heteroatoms. The highest BCUT2D eigenvalue weighted by Crippen LogP contribution is 2.32. The van der Waals surface area contributed by atoms with Crippen molar-refractivity contribution >= 4 is 11.6 Å². The maximum absolute atomic E-state index is 6.36. The largest absolute Gasteiger partial charge is 0.310 e. The molecule has 2 aromatic carbocycles. The first-order chi connectivity index (χ1) is 11.8. The first-order valence-electron chi connectivity index (χ1n) is 8.68. The Hall–Kier alpha value is -2.06. The van der Waals surface area contributed by atoms with Crippen LogP contribution in [0.2, 0.25) is 5.28 Å². The van der Waals surface area contributed by atoms with E-state index in [2.05, 4.69) is 52.0 Å². The van der Waals surface area contributed by atoms with Crippen LogP contribution in [0.4, 0.5) is 0 Å². The second-order valence-electron chi connectivity index (χ2n) is 6.51. The summed E-state index contributed by atoms with van der Waals surface area (Å²) in [5.41, 5.74) is 5.52. The average molecular weight is 337 g/mol. The minimum atomic E-state index is 0.0646. The Labute approximate surface area is 148 Å². The van der Waals surface area contributed by atoms with Gasteiger partial charge in [0.25, 0.3) is 0 Å². The lowest BCUT2D eigenvalue weighted by atomic mass is 9.93. The molecule has 1 heterocycles. The van der Waals surface area contributed by atoms with Gasteiger partial charge in [0, 0.05) is 12.4 Å².